The molecule has 112 valence electrons. The number of benzene rings is 1. The summed E-state index contributed by atoms with van der Waals surface area (Å²) in [7, 11) is -2.47. The standard InChI is InChI=1S/C15H12FN3O2S/c16-13-4-2-12(3-5-13)14-8-17-10-19(14)15-6-1-11(7-18-15)9-22(20)21/h1-8,10,22H,9H2. The summed E-state index contributed by atoms with van der Waals surface area (Å²) >= 11 is 0. The average Bonchev–Trinajstić information content (AvgIpc) is 2.97. The molecule has 1 aromatic carbocycles. The maximum absolute atomic E-state index is 13.0. The SMILES string of the molecule is O=[SH](=O)Cc1ccc(-n2cncc2-c2ccc(F)cc2)nc1. The number of rotatable bonds is 4. The van der Waals surface area contributed by atoms with Gasteiger partial charge in [-0.15, -0.1) is 0 Å². The maximum Gasteiger partial charge on any atom is 0.144 e. The van der Waals surface area contributed by atoms with Crippen LogP contribution in [0.15, 0.2) is 55.1 Å². The molecule has 3 aromatic rings. The van der Waals surface area contributed by atoms with E-state index in [1.807, 2.05) is 0 Å². The lowest BCUT2D eigenvalue weighted by molar-refractivity contribution is 0.614. The summed E-state index contributed by atoms with van der Waals surface area (Å²) in [5.41, 5.74) is 2.21. The van der Waals surface area contributed by atoms with Crippen LogP contribution in [0.25, 0.3) is 17.1 Å². The van der Waals surface area contributed by atoms with E-state index < -0.39 is 10.7 Å². The highest BCUT2D eigenvalue weighted by Crippen LogP contribution is 2.22. The molecule has 3 rings (SSSR count). The average molecular weight is 317 g/mol. The number of nitrogens with zero attached hydrogens (tertiary/aromatic N) is 3. The lowest BCUT2D eigenvalue weighted by atomic mass is 10.1. The van der Waals surface area contributed by atoms with E-state index in [4.69, 9.17) is 0 Å². The van der Waals surface area contributed by atoms with Crippen LogP contribution in [-0.2, 0) is 16.5 Å². The Morgan fingerprint density at radius 2 is 1.82 bits per heavy atom. The van der Waals surface area contributed by atoms with Crippen molar-refractivity contribution in [2.75, 3.05) is 0 Å². The first kappa shape index (κ1) is 14.4. The minimum Gasteiger partial charge on any atom is -0.283 e. The Labute approximate surface area is 128 Å². The van der Waals surface area contributed by atoms with Crippen LogP contribution in [0.2, 0.25) is 0 Å². The molecule has 0 bridgehead atoms. The third-order valence-electron chi connectivity index (χ3n) is 3.15. The van der Waals surface area contributed by atoms with Gasteiger partial charge in [0.05, 0.1) is 17.6 Å². The summed E-state index contributed by atoms with van der Waals surface area (Å²) in [6.45, 7) is 0. The topological polar surface area (TPSA) is 64.8 Å². The number of hydrogen-bond donors (Lipinski definition) is 1. The second-order valence-electron chi connectivity index (χ2n) is 4.67. The fraction of sp³-hybridized carbons (Fsp3) is 0.0667. The van der Waals surface area contributed by atoms with Gasteiger partial charge in [-0.05, 0) is 35.9 Å². The summed E-state index contributed by atoms with van der Waals surface area (Å²) in [4.78, 5) is 8.36. The van der Waals surface area contributed by atoms with E-state index >= 15 is 0 Å². The van der Waals surface area contributed by atoms with Gasteiger partial charge in [-0.1, -0.05) is 6.07 Å². The molecule has 0 aliphatic carbocycles. The lowest BCUT2D eigenvalue weighted by Gasteiger charge is -2.08. The van der Waals surface area contributed by atoms with Crippen LogP contribution in [-0.4, -0.2) is 23.0 Å². The fourth-order valence-electron chi connectivity index (χ4n) is 2.11. The molecule has 0 saturated heterocycles. The quantitative estimate of drug-likeness (QED) is 0.749. The zero-order valence-electron chi connectivity index (χ0n) is 11.4. The molecule has 0 radical (unpaired) electrons. The summed E-state index contributed by atoms with van der Waals surface area (Å²) in [6, 6.07) is 9.53. The molecule has 0 N–H and O–H groups in total. The van der Waals surface area contributed by atoms with E-state index in [1.54, 1.807) is 41.4 Å². The molecule has 22 heavy (non-hydrogen) atoms. The van der Waals surface area contributed by atoms with Gasteiger partial charge in [-0.25, -0.2) is 22.8 Å². The molecule has 5 nitrogen and oxygen atoms in total. The number of pyridine rings is 1. The zero-order chi connectivity index (χ0) is 15.5. The lowest BCUT2D eigenvalue weighted by Crippen LogP contribution is -1.99. The van der Waals surface area contributed by atoms with Gasteiger partial charge in [0.25, 0.3) is 0 Å². The first-order chi connectivity index (χ1) is 10.6. The minimum atomic E-state index is -2.47. The monoisotopic (exact) mass is 317 g/mol. The van der Waals surface area contributed by atoms with Crippen molar-refractivity contribution in [2.45, 2.75) is 5.75 Å². The van der Waals surface area contributed by atoms with Crippen molar-refractivity contribution in [3.8, 4) is 17.1 Å². The third-order valence-corrected chi connectivity index (χ3v) is 3.77. The highest BCUT2D eigenvalue weighted by molar-refractivity contribution is 7.71. The Morgan fingerprint density at radius 3 is 2.45 bits per heavy atom. The van der Waals surface area contributed by atoms with Crippen molar-refractivity contribution < 1.29 is 12.8 Å². The maximum atomic E-state index is 13.0. The third kappa shape index (κ3) is 3.04. The Kier molecular flexibility index (Phi) is 3.97. The summed E-state index contributed by atoms with van der Waals surface area (Å²) in [5.74, 6) is 0.280. The van der Waals surface area contributed by atoms with Crippen molar-refractivity contribution in [1.29, 1.82) is 0 Å². The van der Waals surface area contributed by atoms with Crippen molar-refractivity contribution in [3.63, 3.8) is 0 Å². The molecule has 2 aromatic heterocycles. The molecule has 0 aliphatic rings. The normalized spacial score (nSPS) is 11.0. The van der Waals surface area contributed by atoms with E-state index in [0.29, 0.717) is 11.4 Å². The molecule has 0 unspecified atom stereocenters. The van der Waals surface area contributed by atoms with Gasteiger partial charge in [-0.2, -0.15) is 0 Å². The molecule has 0 atom stereocenters. The van der Waals surface area contributed by atoms with Crippen LogP contribution in [0.1, 0.15) is 5.56 Å². The fourth-order valence-corrected chi connectivity index (χ4v) is 2.60. The Bertz CT molecular complexity index is 847. The van der Waals surface area contributed by atoms with Crippen LogP contribution < -0.4 is 0 Å². The second kappa shape index (κ2) is 6.07. The minimum absolute atomic E-state index is 0.0304. The van der Waals surface area contributed by atoms with Gasteiger partial charge in [0.1, 0.15) is 28.7 Å². The summed E-state index contributed by atoms with van der Waals surface area (Å²) in [6.07, 6.45) is 4.79. The van der Waals surface area contributed by atoms with Gasteiger partial charge in [0.15, 0.2) is 0 Å². The Balaban J connectivity index is 1.96. The zero-order valence-corrected chi connectivity index (χ0v) is 12.3. The van der Waals surface area contributed by atoms with E-state index in [-0.39, 0.29) is 11.6 Å². The molecule has 0 fully saturated rings. The molecular formula is C15H12FN3O2S. The molecule has 0 amide bonds. The Hall–Kier alpha value is -2.54. The molecular weight excluding hydrogens is 305 g/mol. The first-order valence-corrected chi connectivity index (χ1v) is 7.85. The van der Waals surface area contributed by atoms with E-state index in [0.717, 1.165) is 11.3 Å². The second-order valence-corrected chi connectivity index (χ2v) is 5.65. The largest absolute Gasteiger partial charge is 0.283 e. The van der Waals surface area contributed by atoms with Crippen LogP contribution in [0.3, 0.4) is 0 Å². The molecule has 2 heterocycles. The number of imidazole rings is 1. The van der Waals surface area contributed by atoms with Crippen molar-refractivity contribution >= 4 is 10.7 Å². The van der Waals surface area contributed by atoms with Gasteiger partial charge >= 0.3 is 0 Å². The van der Waals surface area contributed by atoms with E-state index in [9.17, 15) is 12.8 Å². The first-order valence-electron chi connectivity index (χ1n) is 6.49. The van der Waals surface area contributed by atoms with Crippen LogP contribution >= 0.6 is 0 Å². The number of hydrogen-bond acceptors (Lipinski definition) is 4. The van der Waals surface area contributed by atoms with Gasteiger partial charge in [0.2, 0.25) is 0 Å². The molecule has 0 spiro atoms. The molecule has 7 heteroatoms. The smallest absolute Gasteiger partial charge is 0.144 e. The van der Waals surface area contributed by atoms with Crippen LogP contribution in [0.5, 0.6) is 0 Å². The van der Waals surface area contributed by atoms with Gasteiger partial charge in [-0.3, -0.25) is 4.57 Å². The van der Waals surface area contributed by atoms with E-state index in [1.165, 1.54) is 18.3 Å². The predicted molar refractivity (Wildman–Crippen MR) is 80.8 cm³/mol. The summed E-state index contributed by atoms with van der Waals surface area (Å²) < 4.78 is 36.2. The number of aromatic nitrogens is 3. The van der Waals surface area contributed by atoms with Crippen LogP contribution in [0, 0.1) is 5.82 Å². The van der Waals surface area contributed by atoms with Gasteiger partial charge in [0, 0.05) is 11.8 Å². The van der Waals surface area contributed by atoms with Gasteiger partial charge < -0.3 is 0 Å². The van der Waals surface area contributed by atoms with Crippen molar-refractivity contribution in [2.24, 2.45) is 0 Å². The molecule has 0 saturated carbocycles. The number of thiol groups is 1. The number of halogens is 1. The van der Waals surface area contributed by atoms with Crippen molar-refractivity contribution in [3.05, 3.63) is 66.5 Å². The highest BCUT2D eigenvalue weighted by Gasteiger charge is 2.08. The van der Waals surface area contributed by atoms with E-state index in [2.05, 4.69) is 9.97 Å². The van der Waals surface area contributed by atoms with Crippen molar-refractivity contribution in [1.82, 2.24) is 14.5 Å². The van der Waals surface area contributed by atoms with Crippen LogP contribution in [0.4, 0.5) is 4.39 Å². The molecule has 0 aliphatic heterocycles. The Morgan fingerprint density at radius 1 is 1.05 bits per heavy atom. The highest BCUT2D eigenvalue weighted by atomic mass is 32.2. The summed E-state index contributed by atoms with van der Waals surface area (Å²) in [5, 5.41) is 0. The predicted octanol–water partition coefficient (Wildman–Crippen LogP) is 2.18.